The van der Waals surface area contributed by atoms with Crippen molar-refractivity contribution in [2.45, 2.75) is 6.92 Å². The fourth-order valence-corrected chi connectivity index (χ4v) is 5.30. The Morgan fingerprint density at radius 1 is 0.811 bits per heavy atom. The zero-order chi connectivity index (χ0) is 25.4. The molecule has 6 rings (SSSR count). The first-order valence-electron chi connectivity index (χ1n) is 13.0. The van der Waals surface area contributed by atoms with Crippen LogP contribution < -0.4 is 9.80 Å². The van der Waals surface area contributed by atoms with Gasteiger partial charge in [-0.3, -0.25) is 0 Å². The summed E-state index contributed by atoms with van der Waals surface area (Å²) in [5.74, 6) is 2.34. The fourth-order valence-electron chi connectivity index (χ4n) is 5.09. The second kappa shape index (κ2) is 10.1. The maximum atomic E-state index is 5.95. The third-order valence-corrected chi connectivity index (χ3v) is 7.50. The molecule has 1 fully saturated rings. The molecule has 1 saturated heterocycles. The van der Waals surface area contributed by atoms with Crippen LogP contribution in [0.25, 0.3) is 44.8 Å². The highest BCUT2D eigenvalue weighted by molar-refractivity contribution is 6.18. The van der Waals surface area contributed by atoms with E-state index in [2.05, 4.69) is 99.3 Å². The molecule has 3 heterocycles. The molecule has 3 aromatic carbocycles. The van der Waals surface area contributed by atoms with E-state index in [1.165, 1.54) is 11.4 Å². The van der Waals surface area contributed by atoms with Crippen molar-refractivity contribution in [3.05, 3.63) is 60.7 Å². The van der Waals surface area contributed by atoms with E-state index in [1.54, 1.807) is 0 Å². The zero-order valence-corrected chi connectivity index (χ0v) is 22.1. The van der Waals surface area contributed by atoms with Gasteiger partial charge in [-0.25, -0.2) is 9.97 Å². The molecule has 7 nitrogen and oxygen atoms in total. The van der Waals surface area contributed by atoms with Crippen LogP contribution >= 0.6 is 11.6 Å². The van der Waals surface area contributed by atoms with E-state index >= 15 is 0 Å². The Labute approximate surface area is 222 Å². The average molecular weight is 514 g/mol. The summed E-state index contributed by atoms with van der Waals surface area (Å²) in [6.45, 7) is 8.19. The molecule has 0 bridgehead atoms. The Bertz CT molecular complexity index is 1510. The number of aromatic amines is 2. The number of anilines is 2. The lowest BCUT2D eigenvalue weighted by atomic mass is 10.2. The average Bonchev–Trinajstić information content (AvgIpc) is 3.56. The SMILES string of the molecule is CCN(CCCl)c1ccc(-c2nc3ccc(-c4nc5ccc(N6CCN(C)CC6)cc5[nH]4)cc3[nH]2)cc1. The van der Waals surface area contributed by atoms with Crippen molar-refractivity contribution < 1.29 is 0 Å². The number of imidazole rings is 2. The Balaban J connectivity index is 1.25. The van der Waals surface area contributed by atoms with Crippen LogP contribution in [0.2, 0.25) is 0 Å². The molecule has 5 aromatic rings. The molecule has 190 valence electrons. The van der Waals surface area contributed by atoms with Gasteiger partial charge in [0.1, 0.15) is 11.6 Å². The summed E-state index contributed by atoms with van der Waals surface area (Å²) in [5, 5.41) is 0. The third kappa shape index (κ3) is 4.77. The van der Waals surface area contributed by atoms with E-state index < -0.39 is 0 Å². The highest BCUT2D eigenvalue weighted by atomic mass is 35.5. The van der Waals surface area contributed by atoms with Gasteiger partial charge in [-0.2, -0.15) is 0 Å². The number of H-pyrrole nitrogens is 2. The molecule has 0 unspecified atom stereocenters. The molecule has 8 heteroatoms. The first-order chi connectivity index (χ1) is 18.1. The van der Waals surface area contributed by atoms with Gasteiger partial charge in [-0.15, -0.1) is 11.6 Å². The lowest BCUT2D eigenvalue weighted by Gasteiger charge is -2.34. The standard InChI is InChI=1S/C29H32ClN7/c1-3-36(13-12-30)22-7-4-20(5-8-22)28-31-24-10-6-21(18-26(24)33-28)29-32-25-11-9-23(19-27(25)34-29)37-16-14-35(2)15-17-37/h4-11,18-19H,3,12-17H2,1-2H3,(H,31,33)(H,32,34). The van der Waals surface area contributed by atoms with Crippen LogP contribution in [0.1, 0.15) is 6.92 Å². The van der Waals surface area contributed by atoms with Crippen LogP contribution in [0.15, 0.2) is 60.7 Å². The molecule has 0 aliphatic carbocycles. The number of rotatable bonds is 7. The number of piperazine rings is 1. The number of benzene rings is 3. The van der Waals surface area contributed by atoms with Gasteiger partial charge in [0.25, 0.3) is 0 Å². The van der Waals surface area contributed by atoms with Gasteiger partial charge in [-0.05, 0) is 74.6 Å². The van der Waals surface area contributed by atoms with E-state index in [1.807, 2.05) is 0 Å². The molecule has 0 atom stereocenters. The highest BCUT2D eigenvalue weighted by Crippen LogP contribution is 2.29. The van der Waals surface area contributed by atoms with Gasteiger partial charge in [0.15, 0.2) is 0 Å². The number of fused-ring (bicyclic) bond motifs is 2. The number of hydrogen-bond acceptors (Lipinski definition) is 5. The van der Waals surface area contributed by atoms with E-state index in [9.17, 15) is 0 Å². The molecular formula is C29H32ClN7. The van der Waals surface area contributed by atoms with Gasteiger partial charge in [0.2, 0.25) is 0 Å². The molecular weight excluding hydrogens is 482 g/mol. The van der Waals surface area contributed by atoms with Crippen molar-refractivity contribution in [3.63, 3.8) is 0 Å². The lowest BCUT2D eigenvalue weighted by molar-refractivity contribution is 0.313. The van der Waals surface area contributed by atoms with Gasteiger partial charge in [0, 0.05) is 67.7 Å². The third-order valence-electron chi connectivity index (χ3n) is 7.33. The molecule has 37 heavy (non-hydrogen) atoms. The van der Waals surface area contributed by atoms with Crippen molar-refractivity contribution in [2.24, 2.45) is 0 Å². The van der Waals surface area contributed by atoms with Crippen molar-refractivity contribution in [1.29, 1.82) is 0 Å². The van der Waals surface area contributed by atoms with Crippen LogP contribution in [0, 0.1) is 0 Å². The van der Waals surface area contributed by atoms with Gasteiger partial charge < -0.3 is 24.7 Å². The number of alkyl halides is 1. The molecule has 1 aliphatic rings. The van der Waals surface area contributed by atoms with Gasteiger partial charge >= 0.3 is 0 Å². The molecule has 1 aliphatic heterocycles. The minimum atomic E-state index is 0.615. The molecule has 2 aromatic heterocycles. The predicted molar refractivity (Wildman–Crippen MR) is 155 cm³/mol. The first kappa shape index (κ1) is 23.8. The van der Waals surface area contributed by atoms with E-state index in [0.717, 1.165) is 84.1 Å². The number of nitrogens with one attached hydrogen (secondary N) is 2. The van der Waals surface area contributed by atoms with Crippen LogP contribution in [-0.4, -0.2) is 77.0 Å². The maximum absolute atomic E-state index is 5.95. The van der Waals surface area contributed by atoms with Crippen LogP contribution in [-0.2, 0) is 0 Å². The number of aromatic nitrogens is 4. The molecule has 0 amide bonds. The summed E-state index contributed by atoms with van der Waals surface area (Å²) in [6, 6.07) is 21.3. The molecule has 0 spiro atoms. The summed E-state index contributed by atoms with van der Waals surface area (Å²) in [4.78, 5) is 23.8. The summed E-state index contributed by atoms with van der Waals surface area (Å²) < 4.78 is 0. The molecule has 0 radical (unpaired) electrons. The van der Waals surface area contributed by atoms with Crippen LogP contribution in [0.5, 0.6) is 0 Å². The molecule has 0 saturated carbocycles. The Hall–Kier alpha value is -3.55. The Morgan fingerprint density at radius 3 is 2.11 bits per heavy atom. The monoisotopic (exact) mass is 513 g/mol. The Morgan fingerprint density at radius 2 is 1.43 bits per heavy atom. The first-order valence-corrected chi connectivity index (χ1v) is 13.5. The Kier molecular flexibility index (Phi) is 6.49. The summed E-state index contributed by atoms with van der Waals surface area (Å²) >= 11 is 5.95. The predicted octanol–water partition coefficient (Wildman–Crippen LogP) is 5.59. The van der Waals surface area contributed by atoms with Crippen molar-refractivity contribution in [1.82, 2.24) is 24.8 Å². The minimum absolute atomic E-state index is 0.615. The van der Waals surface area contributed by atoms with Gasteiger partial charge in [-0.1, -0.05) is 0 Å². The van der Waals surface area contributed by atoms with E-state index in [0.29, 0.717) is 5.88 Å². The number of likely N-dealkylation sites (N-methyl/N-ethyl adjacent to an activating group) is 1. The van der Waals surface area contributed by atoms with Crippen LogP contribution in [0.4, 0.5) is 11.4 Å². The largest absolute Gasteiger partial charge is 0.371 e. The van der Waals surface area contributed by atoms with Crippen molar-refractivity contribution >= 4 is 45.0 Å². The number of hydrogen-bond donors (Lipinski definition) is 2. The van der Waals surface area contributed by atoms with Crippen LogP contribution in [0.3, 0.4) is 0 Å². The number of nitrogens with zero attached hydrogens (tertiary/aromatic N) is 5. The summed E-state index contributed by atoms with van der Waals surface area (Å²) in [5.41, 5.74) is 8.49. The maximum Gasteiger partial charge on any atom is 0.138 e. The summed E-state index contributed by atoms with van der Waals surface area (Å²) in [7, 11) is 2.18. The normalized spacial score (nSPS) is 14.6. The van der Waals surface area contributed by atoms with Gasteiger partial charge in [0.05, 0.1) is 22.1 Å². The molecule has 2 N–H and O–H groups in total. The highest BCUT2D eigenvalue weighted by Gasteiger charge is 2.16. The second-order valence-corrected chi connectivity index (χ2v) is 10.1. The topological polar surface area (TPSA) is 67.1 Å². The fraction of sp³-hybridized carbons (Fsp3) is 0.310. The smallest absolute Gasteiger partial charge is 0.138 e. The quantitative estimate of drug-likeness (QED) is 0.278. The van der Waals surface area contributed by atoms with Crippen molar-refractivity contribution in [2.75, 3.05) is 62.0 Å². The van der Waals surface area contributed by atoms with E-state index in [4.69, 9.17) is 21.6 Å². The minimum Gasteiger partial charge on any atom is -0.371 e. The zero-order valence-electron chi connectivity index (χ0n) is 21.3. The summed E-state index contributed by atoms with van der Waals surface area (Å²) in [6.07, 6.45) is 0. The van der Waals surface area contributed by atoms with Crippen molar-refractivity contribution in [3.8, 4) is 22.8 Å². The number of halogens is 1. The van der Waals surface area contributed by atoms with E-state index in [-0.39, 0.29) is 0 Å². The lowest BCUT2D eigenvalue weighted by Crippen LogP contribution is -2.44. The second-order valence-electron chi connectivity index (χ2n) is 9.71.